The van der Waals surface area contributed by atoms with Crippen molar-refractivity contribution in [3.63, 3.8) is 0 Å². The summed E-state index contributed by atoms with van der Waals surface area (Å²) < 4.78 is 5.12. The van der Waals surface area contributed by atoms with Crippen molar-refractivity contribution in [3.8, 4) is 6.07 Å². The molecule has 0 aliphatic heterocycles. The molecule has 0 N–H and O–H groups in total. The number of esters is 1. The highest BCUT2D eigenvalue weighted by molar-refractivity contribution is 5.76. The monoisotopic (exact) mass is 347 g/mol. The Bertz CT molecular complexity index is 487. The number of nitrogens with zero attached hydrogens (tertiary/aromatic N) is 1. The minimum Gasteiger partial charge on any atom is -0.465 e. The molecule has 25 heavy (non-hydrogen) atoms. The summed E-state index contributed by atoms with van der Waals surface area (Å²) in [5.74, 6) is -0.256. The van der Waals surface area contributed by atoms with Gasteiger partial charge in [0.1, 0.15) is 5.92 Å². The first-order valence-electron chi connectivity index (χ1n) is 10.1. The first-order valence-corrected chi connectivity index (χ1v) is 10.1. The normalized spacial score (nSPS) is 21.8. The highest BCUT2D eigenvalue weighted by atomic mass is 16.5. The summed E-state index contributed by atoms with van der Waals surface area (Å²) in [4.78, 5) is 12.1. The summed E-state index contributed by atoms with van der Waals surface area (Å²) in [5.41, 5.74) is 1.57. The van der Waals surface area contributed by atoms with Crippen LogP contribution in [0.5, 0.6) is 0 Å². The molecule has 0 saturated carbocycles. The highest BCUT2D eigenvalue weighted by Crippen LogP contribution is 2.43. The standard InChI is InChI=1S/C22H37NO2/c1-6-9-10-17(7-2)11-12-18-13-19(15-22(4,5)14-18)20(16-23)21(24)25-8-3/h13,17,19-20H,6-12,14-15H2,1-5H3. The molecule has 0 saturated heterocycles. The topological polar surface area (TPSA) is 50.1 Å². The van der Waals surface area contributed by atoms with Crippen LogP contribution in [0.1, 0.15) is 86.0 Å². The van der Waals surface area contributed by atoms with E-state index in [0.29, 0.717) is 6.61 Å². The number of nitriles is 1. The van der Waals surface area contributed by atoms with Crippen LogP contribution in [0.4, 0.5) is 0 Å². The Kier molecular flexibility index (Phi) is 9.25. The summed E-state index contributed by atoms with van der Waals surface area (Å²) in [7, 11) is 0. The van der Waals surface area contributed by atoms with Gasteiger partial charge in [-0.25, -0.2) is 0 Å². The lowest BCUT2D eigenvalue weighted by Crippen LogP contribution is -2.31. The van der Waals surface area contributed by atoms with E-state index in [1.165, 1.54) is 37.7 Å². The molecule has 142 valence electrons. The van der Waals surface area contributed by atoms with Gasteiger partial charge in [0.15, 0.2) is 0 Å². The lowest BCUT2D eigenvalue weighted by Gasteiger charge is -2.36. The van der Waals surface area contributed by atoms with Crippen LogP contribution in [0.3, 0.4) is 0 Å². The van der Waals surface area contributed by atoms with Crippen LogP contribution in [0.15, 0.2) is 11.6 Å². The minimum atomic E-state index is -0.670. The molecule has 0 amide bonds. The Morgan fingerprint density at radius 3 is 2.64 bits per heavy atom. The van der Waals surface area contributed by atoms with Gasteiger partial charge in [0.2, 0.25) is 0 Å². The smallest absolute Gasteiger partial charge is 0.323 e. The molecule has 0 heterocycles. The van der Waals surface area contributed by atoms with Gasteiger partial charge in [-0.2, -0.15) is 5.26 Å². The van der Waals surface area contributed by atoms with Crippen LogP contribution >= 0.6 is 0 Å². The van der Waals surface area contributed by atoms with Gasteiger partial charge in [-0.3, -0.25) is 4.79 Å². The summed E-state index contributed by atoms with van der Waals surface area (Å²) in [5, 5.41) is 9.50. The van der Waals surface area contributed by atoms with Crippen LogP contribution in [0, 0.1) is 34.5 Å². The molecule has 0 radical (unpaired) electrons. The number of allylic oxidation sites excluding steroid dienone is 2. The zero-order chi connectivity index (χ0) is 18.9. The molecule has 0 aromatic carbocycles. The molecule has 0 aromatic rings. The van der Waals surface area contributed by atoms with Crippen molar-refractivity contribution in [2.45, 2.75) is 86.0 Å². The van der Waals surface area contributed by atoms with E-state index in [9.17, 15) is 10.1 Å². The quantitative estimate of drug-likeness (QED) is 0.357. The van der Waals surface area contributed by atoms with Crippen LogP contribution in [0.2, 0.25) is 0 Å². The van der Waals surface area contributed by atoms with Crippen LogP contribution in [-0.2, 0) is 9.53 Å². The Balaban J connectivity index is 2.81. The van der Waals surface area contributed by atoms with Gasteiger partial charge in [0.05, 0.1) is 12.7 Å². The second-order valence-corrected chi connectivity index (χ2v) is 8.35. The van der Waals surface area contributed by atoms with Crippen molar-refractivity contribution in [1.82, 2.24) is 0 Å². The lowest BCUT2D eigenvalue weighted by atomic mass is 9.68. The summed E-state index contributed by atoms with van der Waals surface area (Å²) in [6.45, 7) is 11.2. The first-order chi connectivity index (χ1) is 11.9. The molecule has 1 aliphatic carbocycles. The first kappa shape index (κ1) is 21.7. The van der Waals surface area contributed by atoms with Gasteiger partial charge < -0.3 is 4.74 Å². The number of carbonyl (C=O) groups is 1. The third kappa shape index (κ3) is 7.22. The van der Waals surface area contributed by atoms with E-state index in [1.807, 2.05) is 0 Å². The number of hydrogen-bond acceptors (Lipinski definition) is 3. The van der Waals surface area contributed by atoms with E-state index in [-0.39, 0.29) is 17.3 Å². The van der Waals surface area contributed by atoms with Gasteiger partial charge in [-0.05, 0) is 43.9 Å². The minimum absolute atomic E-state index is 0.0153. The van der Waals surface area contributed by atoms with Gasteiger partial charge in [0.25, 0.3) is 0 Å². The van der Waals surface area contributed by atoms with E-state index in [2.05, 4.69) is 39.8 Å². The molecule has 3 atom stereocenters. The third-order valence-electron chi connectivity index (χ3n) is 5.47. The van der Waals surface area contributed by atoms with E-state index < -0.39 is 5.92 Å². The van der Waals surface area contributed by atoms with Gasteiger partial charge >= 0.3 is 5.97 Å². The van der Waals surface area contributed by atoms with Crippen molar-refractivity contribution in [2.24, 2.45) is 23.2 Å². The van der Waals surface area contributed by atoms with Crippen molar-refractivity contribution in [3.05, 3.63) is 11.6 Å². The predicted molar refractivity (Wildman–Crippen MR) is 103 cm³/mol. The Morgan fingerprint density at radius 1 is 1.36 bits per heavy atom. The van der Waals surface area contributed by atoms with Crippen molar-refractivity contribution in [1.29, 1.82) is 5.26 Å². The Hall–Kier alpha value is -1.30. The maximum absolute atomic E-state index is 12.1. The fourth-order valence-electron chi connectivity index (χ4n) is 4.12. The molecular formula is C22H37NO2. The highest BCUT2D eigenvalue weighted by Gasteiger charge is 2.36. The second-order valence-electron chi connectivity index (χ2n) is 8.35. The lowest BCUT2D eigenvalue weighted by molar-refractivity contribution is -0.147. The van der Waals surface area contributed by atoms with E-state index in [1.54, 1.807) is 6.92 Å². The molecule has 3 nitrogen and oxygen atoms in total. The molecule has 3 heteroatoms. The summed E-state index contributed by atoms with van der Waals surface area (Å²) >= 11 is 0. The molecule has 0 spiro atoms. The third-order valence-corrected chi connectivity index (χ3v) is 5.47. The van der Waals surface area contributed by atoms with E-state index >= 15 is 0 Å². The molecule has 1 rings (SSSR count). The maximum atomic E-state index is 12.1. The number of hydrogen-bond donors (Lipinski definition) is 0. The molecule has 0 bridgehead atoms. The number of unbranched alkanes of at least 4 members (excludes halogenated alkanes) is 1. The van der Waals surface area contributed by atoms with Gasteiger partial charge in [-0.1, -0.05) is 65.0 Å². The zero-order valence-electron chi connectivity index (χ0n) is 16.9. The average molecular weight is 348 g/mol. The average Bonchev–Trinajstić information content (AvgIpc) is 2.54. The van der Waals surface area contributed by atoms with Gasteiger partial charge in [0, 0.05) is 5.92 Å². The van der Waals surface area contributed by atoms with Crippen LogP contribution in [-0.4, -0.2) is 12.6 Å². The fourth-order valence-corrected chi connectivity index (χ4v) is 4.12. The van der Waals surface area contributed by atoms with Crippen molar-refractivity contribution < 1.29 is 9.53 Å². The molecular weight excluding hydrogens is 310 g/mol. The Morgan fingerprint density at radius 2 is 2.08 bits per heavy atom. The fraction of sp³-hybridized carbons (Fsp3) is 0.818. The zero-order valence-corrected chi connectivity index (χ0v) is 16.9. The largest absolute Gasteiger partial charge is 0.465 e. The predicted octanol–water partition coefficient (Wildman–Crippen LogP) is 6.05. The van der Waals surface area contributed by atoms with Crippen LogP contribution < -0.4 is 0 Å². The summed E-state index contributed by atoms with van der Waals surface area (Å²) in [6.07, 6.45) is 11.6. The molecule has 0 aromatic heterocycles. The molecule has 1 aliphatic rings. The van der Waals surface area contributed by atoms with E-state index in [4.69, 9.17) is 4.74 Å². The van der Waals surface area contributed by atoms with Crippen LogP contribution in [0.25, 0.3) is 0 Å². The second kappa shape index (κ2) is 10.6. The maximum Gasteiger partial charge on any atom is 0.323 e. The number of ether oxygens (including phenoxy) is 1. The Labute approximate surface area is 154 Å². The summed E-state index contributed by atoms with van der Waals surface area (Å²) in [6, 6.07) is 2.20. The van der Waals surface area contributed by atoms with Gasteiger partial charge in [-0.15, -0.1) is 0 Å². The van der Waals surface area contributed by atoms with E-state index in [0.717, 1.165) is 25.2 Å². The van der Waals surface area contributed by atoms with Crippen molar-refractivity contribution in [2.75, 3.05) is 6.61 Å². The number of rotatable bonds is 10. The van der Waals surface area contributed by atoms with Crippen molar-refractivity contribution >= 4 is 5.97 Å². The SMILES string of the molecule is CCCCC(CC)CCC1=CC(C(C#N)C(=O)OCC)CC(C)(C)C1. The molecule has 3 unspecified atom stereocenters. The molecule has 0 fully saturated rings. The number of carbonyl (C=O) groups excluding carboxylic acids is 1.